The molecule has 2 aromatic heterocycles. The lowest BCUT2D eigenvalue weighted by Gasteiger charge is -2.35. The fraction of sp³-hybridized carbons (Fsp3) is 0.308. The number of nitrogen functional groups attached to an aromatic ring is 1. The summed E-state index contributed by atoms with van der Waals surface area (Å²) in [5.74, 6) is 1.04. The highest BCUT2D eigenvalue weighted by atomic mass is 16.5. The Hall–Kier alpha value is -2.01. The number of nitrogens with zero attached hydrogens (tertiary/aromatic N) is 2. The van der Waals surface area contributed by atoms with E-state index >= 15 is 0 Å². The van der Waals surface area contributed by atoms with E-state index in [9.17, 15) is 0 Å². The van der Waals surface area contributed by atoms with Gasteiger partial charge in [-0.15, -0.1) is 0 Å². The number of likely N-dealkylation sites (N-methyl/N-ethyl adjacent to an activating group) is 1. The number of aromatic nitrogens is 1. The molecule has 5 nitrogen and oxygen atoms in total. The normalized spacial score (nSPS) is 16.5. The summed E-state index contributed by atoms with van der Waals surface area (Å²) in [6.45, 7) is 1.84. The molecule has 0 bridgehead atoms. The number of nitrogens with two attached hydrogens (primary N) is 1. The smallest absolute Gasteiger partial charge is 0.223 e. The van der Waals surface area contributed by atoms with Crippen LogP contribution >= 0.6 is 0 Å². The van der Waals surface area contributed by atoms with Crippen LogP contribution < -0.4 is 10.5 Å². The van der Waals surface area contributed by atoms with Gasteiger partial charge < -0.3 is 14.9 Å². The van der Waals surface area contributed by atoms with Crippen molar-refractivity contribution in [3.63, 3.8) is 0 Å². The van der Waals surface area contributed by atoms with Gasteiger partial charge in [0.25, 0.3) is 0 Å². The van der Waals surface area contributed by atoms with Gasteiger partial charge in [0, 0.05) is 24.2 Å². The van der Waals surface area contributed by atoms with E-state index in [4.69, 9.17) is 14.9 Å². The summed E-state index contributed by atoms with van der Waals surface area (Å²) in [5.41, 5.74) is 7.58. The fourth-order valence-electron chi connectivity index (χ4n) is 2.06. The molecule has 2 aromatic rings. The standard InChI is InChI=1S/C13H15N3O2/c1-16-6-10(7-16)18-13-11(2-3-12(14)15-13)9-4-5-17-8-9/h2-5,8,10H,6-7H2,1H3,(H2,14,15). The zero-order chi connectivity index (χ0) is 12.5. The molecule has 0 aliphatic carbocycles. The van der Waals surface area contributed by atoms with Crippen molar-refractivity contribution < 1.29 is 9.15 Å². The third-order valence-electron chi connectivity index (χ3n) is 3.02. The Bertz CT molecular complexity index is 533. The van der Waals surface area contributed by atoms with E-state index in [-0.39, 0.29) is 6.10 Å². The van der Waals surface area contributed by atoms with Crippen molar-refractivity contribution in [2.24, 2.45) is 0 Å². The molecular formula is C13H15N3O2. The van der Waals surface area contributed by atoms with E-state index in [1.54, 1.807) is 18.6 Å². The molecule has 94 valence electrons. The van der Waals surface area contributed by atoms with Crippen LogP contribution in [0.2, 0.25) is 0 Å². The van der Waals surface area contributed by atoms with E-state index in [2.05, 4.69) is 16.9 Å². The molecule has 0 radical (unpaired) electrons. The Labute approximate surface area is 105 Å². The van der Waals surface area contributed by atoms with Crippen LogP contribution in [0, 0.1) is 0 Å². The summed E-state index contributed by atoms with van der Waals surface area (Å²) < 4.78 is 11.0. The zero-order valence-electron chi connectivity index (χ0n) is 10.2. The van der Waals surface area contributed by atoms with Crippen LogP contribution in [0.5, 0.6) is 5.88 Å². The van der Waals surface area contributed by atoms with Crippen molar-refractivity contribution in [1.82, 2.24) is 9.88 Å². The van der Waals surface area contributed by atoms with Gasteiger partial charge in [-0.25, -0.2) is 0 Å². The highest BCUT2D eigenvalue weighted by molar-refractivity contribution is 5.68. The van der Waals surface area contributed by atoms with Gasteiger partial charge in [-0.05, 0) is 25.2 Å². The summed E-state index contributed by atoms with van der Waals surface area (Å²) in [5, 5.41) is 0. The van der Waals surface area contributed by atoms with E-state index < -0.39 is 0 Å². The van der Waals surface area contributed by atoms with Crippen LogP contribution in [0.15, 0.2) is 35.1 Å². The van der Waals surface area contributed by atoms with Crippen molar-refractivity contribution in [2.45, 2.75) is 6.10 Å². The predicted octanol–water partition coefficient (Wildman–Crippen LogP) is 1.62. The molecule has 0 atom stereocenters. The number of anilines is 1. The van der Waals surface area contributed by atoms with Gasteiger partial charge in [-0.2, -0.15) is 4.98 Å². The van der Waals surface area contributed by atoms with Crippen LogP contribution in [-0.2, 0) is 0 Å². The summed E-state index contributed by atoms with van der Waals surface area (Å²) in [7, 11) is 2.06. The second-order valence-corrected chi connectivity index (χ2v) is 4.56. The first kappa shape index (κ1) is 11.1. The molecule has 1 aliphatic heterocycles. The van der Waals surface area contributed by atoms with Crippen molar-refractivity contribution in [2.75, 3.05) is 25.9 Å². The molecule has 0 aromatic carbocycles. The Morgan fingerprint density at radius 2 is 2.22 bits per heavy atom. The highest BCUT2D eigenvalue weighted by Crippen LogP contribution is 2.31. The number of hydrogen-bond acceptors (Lipinski definition) is 5. The first-order valence-electron chi connectivity index (χ1n) is 5.86. The molecule has 2 N–H and O–H groups in total. The lowest BCUT2D eigenvalue weighted by atomic mass is 10.1. The highest BCUT2D eigenvalue weighted by Gasteiger charge is 2.26. The van der Waals surface area contributed by atoms with Crippen molar-refractivity contribution in [3.8, 4) is 17.0 Å². The molecule has 5 heteroatoms. The monoisotopic (exact) mass is 245 g/mol. The summed E-state index contributed by atoms with van der Waals surface area (Å²) >= 11 is 0. The van der Waals surface area contributed by atoms with Gasteiger partial charge in [0.2, 0.25) is 5.88 Å². The molecule has 0 amide bonds. The van der Waals surface area contributed by atoms with Gasteiger partial charge >= 0.3 is 0 Å². The Morgan fingerprint density at radius 3 is 2.89 bits per heavy atom. The van der Waals surface area contributed by atoms with Crippen molar-refractivity contribution >= 4 is 5.82 Å². The zero-order valence-corrected chi connectivity index (χ0v) is 10.2. The second kappa shape index (κ2) is 4.34. The minimum absolute atomic E-state index is 0.190. The van der Waals surface area contributed by atoms with Crippen LogP contribution in [0.1, 0.15) is 0 Å². The summed E-state index contributed by atoms with van der Waals surface area (Å²) in [6.07, 6.45) is 3.49. The molecule has 1 fully saturated rings. The third-order valence-corrected chi connectivity index (χ3v) is 3.02. The van der Waals surface area contributed by atoms with Gasteiger partial charge in [0.15, 0.2) is 0 Å². The SMILES string of the molecule is CN1CC(Oc2nc(N)ccc2-c2ccoc2)C1. The first-order chi connectivity index (χ1) is 8.72. The number of likely N-dealkylation sites (tertiary alicyclic amines) is 1. The van der Waals surface area contributed by atoms with Crippen LogP contribution in [-0.4, -0.2) is 36.1 Å². The van der Waals surface area contributed by atoms with E-state index in [0.717, 1.165) is 24.2 Å². The Balaban J connectivity index is 1.89. The lowest BCUT2D eigenvalue weighted by molar-refractivity contribution is 0.0361. The molecule has 3 heterocycles. The van der Waals surface area contributed by atoms with E-state index in [0.29, 0.717) is 11.7 Å². The first-order valence-corrected chi connectivity index (χ1v) is 5.86. The molecular weight excluding hydrogens is 230 g/mol. The maximum absolute atomic E-state index is 5.88. The maximum Gasteiger partial charge on any atom is 0.223 e. The molecule has 0 spiro atoms. The van der Waals surface area contributed by atoms with Crippen molar-refractivity contribution in [3.05, 3.63) is 30.7 Å². The summed E-state index contributed by atoms with van der Waals surface area (Å²) in [4.78, 5) is 6.46. The largest absolute Gasteiger partial charge is 0.472 e. The molecule has 0 unspecified atom stereocenters. The summed E-state index contributed by atoms with van der Waals surface area (Å²) in [6, 6.07) is 5.56. The quantitative estimate of drug-likeness (QED) is 0.890. The Kier molecular flexibility index (Phi) is 2.68. The number of ether oxygens (including phenoxy) is 1. The minimum atomic E-state index is 0.190. The van der Waals surface area contributed by atoms with Crippen LogP contribution in [0.25, 0.3) is 11.1 Å². The molecule has 18 heavy (non-hydrogen) atoms. The second-order valence-electron chi connectivity index (χ2n) is 4.56. The number of pyridine rings is 1. The molecule has 3 rings (SSSR count). The predicted molar refractivity (Wildman–Crippen MR) is 68.3 cm³/mol. The number of furan rings is 1. The third kappa shape index (κ3) is 2.04. The van der Waals surface area contributed by atoms with Crippen LogP contribution in [0.3, 0.4) is 0 Å². The average Bonchev–Trinajstić information content (AvgIpc) is 2.80. The molecule has 1 saturated heterocycles. The van der Waals surface area contributed by atoms with Gasteiger partial charge in [0.05, 0.1) is 12.5 Å². The van der Waals surface area contributed by atoms with Gasteiger partial charge in [-0.3, -0.25) is 4.90 Å². The van der Waals surface area contributed by atoms with E-state index in [1.165, 1.54) is 0 Å². The number of hydrogen-bond donors (Lipinski definition) is 1. The maximum atomic E-state index is 5.88. The van der Waals surface area contributed by atoms with Crippen LogP contribution in [0.4, 0.5) is 5.82 Å². The molecule has 1 aliphatic rings. The Morgan fingerprint density at radius 1 is 1.39 bits per heavy atom. The van der Waals surface area contributed by atoms with E-state index in [1.807, 2.05) is 12.1 Å². The average molecular weight is 245 g/mol. The number of rotatable bonds is 3. The lowest BCUT2D eigenvalue weighted by Crippen LogP contribution is -2.51. The van der Waals surface area contributed by atoms with Crippen molar-refractivity contribution in [1.29, 1.82) is 0 Å². The fourth-order valence-corrected chi connectivity index (χ4v) is 2.06. The molecule has 0 saturated carbocycles. The topological polar surface area (TPSA) is 64.5 Å². The van der Waals surface area contributed by atoms with Gasteiger partial charge in [-0.1, -0.05) is 0 Å². The minimum Gasteiger partial charge on any atom is -0.472 e. The van der Waals surface area contributed by atoms with Gasteiger partial charge in [0.1, 0.15) is 11.9 Å².